The second-order valence-corrected chi connectivity index (χ2v) is 5.21. The highest BCUT2D eigenvalue weighted by atomic mass is 35.5. The number of nitrogen functional groups attached to an aromatic ring is 1. The van der Waals surface area contributed by atoms with Crippen molar-refractivity contribution in [1.82, 2.24) is 19.5 Å². The Hall–Kier alpha value is -1.66. The van der Waals surface area contributed by atoms with Crippen molar-refractivity contribution in [2.75, 3.05) is 5.73 Å². The van der Waals surface area contributed by atoms with Crippen LogP contribution in [0, 0.1) is 0 Å². The second-order valence-electron chi connectivity index (χ2n) is 3.79. The molecule has 0 radical (unpaired) electrons. The van der Waals surface area contributed by atoms with E-state index < -0.39 is 0 Å². The first-order chi connectivity index (χ1) is 8.74. The molecule has 0 aliphatic rings. The number of anilines is 1. The molecule has 3 heterocycles. The number of imidazole rings is 1. The Kier molecular flexibility index (Phi) is 2.89. The van der Waals surface area contributed by atoms with Crippen molar-refractivity contribution >= 4 is 40.0 Å². The molecule has 0 fully saturated rings. The molecule has 0 saturated heterocycles. The van der Waals surface area contributed by atoms with E-state index in [1.165, 1.54) is 0 Å². The smallest absolute Gasteiger partial charge is 0.202 e. The van der Waals surface area contributed by atoms with Gasteiger partial charge < -0.3 is 5.73 Å². The van der Waals surface area contributed by atoms with E-state index in [1.807, 2.05) is 9.95 Å². The van der Waals surface area contributed by atoms with E-state index >= 15 is 0 Å². The lowest BCUT2D eigenvalue weighted by molar-refractivity contribution is 0.716. The van der Waals surface area contributed by atoms with Crippen molar-refractivity contribution in [2.24, 2.45) is 0 Å². The van der Waals surface area contributed by atoms with Gasteiger partial charge in [-0.05, 0) is 6.07 Å². The summed E-state index contributed by atoms with van der Waals surface area (Å²) in [4.78, 5) is 12.8. The lowest BCUT2D eigenvalue weighted by Crippen LogP contribution is -2.06. The number of rotatable bonds is 3. The first-order valence-corrected chi connectivity index (χ1v) is 6.65. The Morgan fingerprint density at radius 2 is 2.28 bits per heavy atom. The zero-order chi connectivity index (χ0) is 12.5. The SMILES string of the molecule is Nc1nc2cc(Cl)cnc2n1CCc1nccs1. The molecule has 0 saturated carbocycles. The minimum absolute atomic E-state index is 0.455. The van der Waals surface area contributed by atoms with Crippen molar-refractivity contribution in [2.45, 2.75) is 13.0 Å². The molecule has 3 rings (SSSR count). The third-order valence-electron chi connectivity index (χ3n) is 2.61. The van der Waals surface area contributed by atoms with Crippen molar-refractivity contribution < 1.29 is 0 Å². The highest BCUT2D eigenvalue weighted by molar-refractivity contribution is 7.09. The third-order valence-corrected chi connectivity index (χ3v) is 3.66. The molecule has 0 spiro atoms. The Balaban J connectivity index is 1.93. The molecule has 92 valence electrons. The van der Waals surface area contributed by atoms with Gasteiger partial charge in [0.1, 0.15) is 5.52 Å². The summed E-state index contributed by atoms with van der Waals surface area (Å²) in [5.41, 5.74) is 7.37. The van der Waals surface area contributed by atoms with Crippen LogP contribution in [0.5, 0.6) is 0 Å². The number of hydrogen-bond acceptors (Lipinski definition) is 5. The minimum atomic E-state index is 0.455. The van der Waals surface area contributed by atoms with Gasteiger partial charge in [-0.1, -0.05) is 11.6 Å². The highest BCUT2D eigenvalue weighted by Crippen LogP contribution is 2.19. The van der Waals surface area contributed by atoms with Crippen molar-refractivity contribution in [3.63, 3.8) is 0 Å². The largest absolute Gasteiger partial charge is 0.369 e. The van der Waals surface area contributed by atoms with Gasteiger partial charge in [0, 0.05) is 30.7 Å². The summed E-state index contributed by atoms with van der Waals surface area (Å²) in [5.74, 6) is 0.455. The molecule has 0 aliphatic carbocycles. The molecule has 7 heteroatoms. The zero-order valence-corrected chi connectivity index (χ0v) is 10.9. The van der Waals surface area contributed by atoms with E-state index in [0.29, 0.717) is 17.5 Å². The first kappa shape index (κ1) is 11.4. The third kappa shape index (κ3) is 2.04. The maximum atomic E-state index is 5.89. The van der Waals surface area contributed by atoms with Gasteiger partial charge >= 0.3 is 0 Å². The number of fused-ring (bicyclic) bond motifs is 1. The molecule has 3 aromatic rings. The first-order valence-electron chi connectivity index (χ1n) is 5.39. The highest BCUT2D eigenvalue weighted by Gasteiger charge is 2.10. The Morgan fingerprint density at radius 1 is 1.39 bits per heavy atom. The van der Waals surface area contributed by atoms with Crippen LogP contribution in [0.15, 0.2) is 23.8 Å². The molecule has 0 atom stereocenters. The van der Waals surface area contributed by atoms with E-state index in [2.05, 4.69) is 15.0 Å². The van der Waals surface area contributed by atoms with E-state index in [-0.39, 0.29) is 0 Å². The lowest BCUT2D eigenvalue weighted by Gasteiger charge is -2.03. The Bertz CT molecular complexity index is 676. The van der Waals surface area contributed by atoms with Crippen molar-refractivity contribution in [1.29, 1.82) is 0 Å². The quantitative estimate of drug-likeness (QED) is 0.799. The van der Waals surface area contributed by atoms with Gasteiger partial charge in [0.2, 0.25) is 5.95 Å². The number of nitrogens with two attached hydrogens (primary N) is 1. The van der Waals surface area contributed by atoms with E-state index in [9.17, 15) is 0 Å². The minimum Gasteiger partial charge on any atom is -0.369 e. The summed E-state index contributed by atoms with van der Waals surface area (Å²) < 4.78 is 1.88. The summed E-state index contributed by atoms with van der Waals surface area (Å²) in [6.45, 7) is 0.713. The van der Waals surface area contributed by atoms with E-state index in [4.69, 9.17) is 17.3 Å². The van der Waals surface area contributed by atoms with Crippen LogP contribution in [-0.2, 0) is 13.0 Å². The standard InChI is InChI=1S/C11H10ClN5S/c12-7-5-8-10(15-6-7)17(11(13)16-8)3-1-9-14-2-4-18-9/h2,4-6H,1,3H2,(H2,13,16). The summed E-state index contributed by atoms with van der Waals surface area (Å²) in [7, 11) is 0. The summed E-state index contributed by atoms with van der Waals surface area (Å²) >= 11 is 7.51. The molecular weight excluding hydrogens is 270 g/mol. The number of nitrogens with zero attached hydrogens (tertiary/aromatic N) is 4. The van der Waals surface area contributed by atoms with Crippen LogP contribution in [0.3, 0.4) is 0 Å². The average molecular weight is 280 g/mol. The molecular formula is C11H10ClN5S. The van der Waals surface area contributed by atoms with Crippen LogP contribution < -0.4 is 5.73 Å². The number of pyridine rings is 1. The van der Waals surface area contributed by atoms with Gasteiger partial charge in [-0.25, -0.2) is 15.0 Å². The van der Waals surface area contributed by atoms with Gasteiger partial charge in [-0.15, -0.1) is 11.3 Å². The summed E-state index contributed by atoms with van der Waals surface area (Å²) in [6.07, 6.45) is 4.22. The zero-order valence-electron chi connectivity index (χ0n) is 9.38. The number of hydrogen-bond donors (Lipinski definition) is 1. The topological polar surface area (TPSA) is 69.6 Å². The monoisotopic (exact) mass is 279 g/mol. The molecule has 0 bridgehead atoms. The Morgan fingerprint density at radius 3 is 3.06 bits per heavy atom. The summed E-state index contributed by atoms with van der Waals surface area (Å²) in [6, 6.07) is 1.76. The predicted molar refractivity (Wildman–Crippen MR) is 72.8 cm³/mol. The number of halogens is 1. The van der Waals surface area contributed by atoms with Gasteiger partial charge in [-0.3, -0.25) is 4.57 Å². The maximum Gasteiger partial charge on any atom is 0.202 e. The van der Waals surface area contributed by atoms with Crippen molar-refractivity contribution in [3.05, 3.63) is 33.9 Å². The maximum absolute atomic E-state index is 5.89. The fraction of sp³-hybridized carbons (Fsp3) is 0.182. The van der Waals surface area contributed by atoms with Crippen LogP contribution in [0.2, 0.25) is 5.02 Å². The number of thiazole rings is 1. The lowest BCUT2D eigenvalue weighted by atomic mass is 10.4. The fourth-order valence-corrected chi connectivity index (χ4v) is 2.57. The van der Waals surface area contributed by atoms with Crippen LogP contribution in [-0.4, -0.2) is 19.5 Å². The van der Waals surface area contributed by atoms with Gasteiger partial charge in [0.05, 0.1) is 10.0 Å². The molecule has 5 nitrogen and oxygen atoms in total. The molecule has 18 heavy (non-hydrogen) atoms. The van der Waals surface area contributed by atoms with Gasteiger partial charge in [0.15, 0.2) is 5.65 Å². The fourth-order valence-electron chi connectivity index (χ4n) is 1.81. The second kappa shape index (κ2) is 4.55. The van der Waals surface area contributed by atoms with Crippen LogP contribution in [0.25, 0.3) is 11.2 Å². The van der Waals surface area contributed by atoms with E-state index in [0.717, 1.165) is 22.6 Å². The molecule has 0 aromatic carbocycles. The van der Waals surface area contributed by atoms with Crippen LogP contribution in [0.4, 0.5) is 5.95 Å². The van der Waals surface area contributed by atoms with Gasteiger partial charge in [0.25, 0.3) is 0 Å². The Labute approximate surface area is 112 Å². The van der Waals surface area contributed by atoms with Crippen molar-refractivity contribution in [3.8, 4) is 0 Å². The number of aryl methyl sites for hydroxylation is 2. The molecule has 3 aromatic heterocycles. The molecule has 0 unspecified atom stereocenters. The molecule has 0 aliphatic heterocycles. The summed E-state index contributed by atoms with van der Waals surface area (Å²) in [5, 5.41) is 3.60. The molecule has 0 amide bonds. The van der Waals surface area contributed by atoms with Crippen LogP contribution >= 0.6 is 22.9 Å². The van der Waals surface area contributed by atoms with E-state index in [1.54, 1.807) is 29.8 Å². The predicted octanol–water partition coefficient (Wildman–Crippen LogP) is 2.37. The average Bonchev–Trinajstić information content (AvgIpc) is 2.93. The van der Waals surface area contributed by atoms with Crippen LogP contribution in [0.1, 0.15) is 5.01 Å². The normalized spacial score (nSPS) is 11.2. The van der Waals surface area contributed by atoms with Gasteiger partial charge in [-0.2, -0.15) is 0 Å². The number of aromatic nitrogens is 4. The molecule has 2 N–H and O–H groups in total.